The van der Waals surface area contributed by atoms with Gasteiger partial charge in [0.2, 0.25) is 0 Å². The number of aliphatic hydroxyl groups is 1. The monoisotopic (exact) mass is 452 g/mol. The summed E-state index contributed by atoms with van der Waals surface area (Å²) in [5.74, 6) is -0.229. The van der Waals surface area contributed by atoms with E-state index in [9.17, 15) is 9.50 Å². The fourth-order valence-electron chi connectivity index (χ4n) is 4.60. The third-order valence-electron chi connectivity index (χ3n) is 6.40. The zero-order valence-corrected chi connectivity index (χ0v) is 18.3. The van der Waals surface area contributed by atoms with Gasteiger partial charge in [-0.1, -0.05) is 30.3 Å². The standard InChI is InChI=1S/C24H22BFO5S/c1-13-2-5-16(25-30-22-19-12-28-24(29-19)23(31-25)21(22)27)10-15(13)11-18-8-9-20(32-18)14-3-6-17(26)7-4-14/h2-10,19,21-24,27H,11-12H2,1H3/t19-,21+,22?,23?,24+/m1/s1. The molecule has 0 saturated carbocycles. The number of aryl methyl sites for hydroxylation is 1. The first-order valence-electron chi connectivity index (χ1n) is 10.8. The Labute approximate surface area is 189 Å². The molecule has 6 rings (SSSR count). The minimum Gasteiger partial charge on any atom is -0.399 e. The quantitative estimate of drug-likeness (QED) is 0.617. The number of rotatable bonds is 4. The number of ether oxygens (including phenoxy) is 2. The molecule has 4 bridgehead atoms. The van der Waals surface area contributed by atoms with Crippen LogP contribution in [-0.4, -0.2) is 49.5 Å². The average Bonchev–Trinajstić information content (AvgIpc) is 3.44. The first kappa shape index (κ1) is 20.5. The van der Waals surface area contributed by atoms with Crippen molar-refractivity contribution in [2.75, 3.05) is 6.61 Å². The average molecular weight is 452 g/mol. The van der Waals surface area contributed by atoms with Crippen LogP contribution in [0.2, 0.25) is 0 Å². The van der Waals surface area contributed by atoms with Gasteiger partial charge in [0.05, 0.1) is 6.61 Å². The summed E-state index contributed by atoms with van der Waals surface area (Å²) in [6.45, 7) is 2.50. The van der Waals surface area contributed by atoms with E-state index in [-0.39, 0.29) is 11.9 Å². The lowest BCUT2D eigenvalue weighted by Crippen LogP contribution is -2.65. The van der Waals surface area contributed by atoms with E-state index in [1.54, 1.807) is 23.5 Å². The lowest BCUT2D eigenvalue weighted by molar-refractivity contribution is -0.243. The Morgan fingerprint density at radius 2 is 1.88 bits per heavy atom. The molecule has 2 aromatic carbocycles. The van der Waals surface area contributed by atoms with E-state index in [2.05, 4.69) is 31.2 Å². The fourth-order valence-corrected chi connectivity index (χ4v) is 5.63. The van der Waals surface area contributed by atoms with Gasteiger partial charge in [-0.3, -0.25) is 0 Å². The molecule has 2 unspecified atom stereocenters. The van der Waals surface area contributed by atoms with Crippen LogP contribution in [0.1, 0.15) is 16.0 Å². The molecule has 0 spiro atoms. The van der Waals surface area contributed by atoms with Crippen LogP contribution in [0.25, 0.3) is 10.4 Å². The number of benzene rings is 2. The molecular formula is C24H22BFO5S. The summed E-state index contributed by atoms with van der Waals surface area (Å²) < 4.78 is 36.7. The Morgan fingerprint density at radius 1 is 1.06 bits per heavy atom. The van der Waals surface area contributed by atoms with Crippen LogP contribution in [0, 0.1) is 12.7 Å². The molecule has 1 N–H and O–H groups in total. The maximum Gasteiger partial charge on any atom is 0.494 e. The van der Waals surface area contributed by atoms with Crippen molar-refractivity contribution in [2.45, 2.75) is 44.1 Å². The lowest BCUT2D eigenvalue weighted by atomic mass is 9.74. The van der Waals surface area contributed by atoms with E-state index in [0.29, 0.717) is 6.61 Å². The largest absolute Gasteiger partial charge is 0.494 e. The van der Waals surface area contributed by atoms with Gasteiger partial charge in [0, 0.05) is 16.2 Å². The molecule has 3 aliphatic rings. The van der Waals surface area contributed by atoms with Crippen molar-refractivity contribution in [1.29, 1.82) is 0 Å². The van der Waals surface area contributed by atoms with E-state index in [1.165, 1.54) is 28.1 Å². The van der Waals surface area contributed by atoms with Crippen LogP contribution < -0.4 is 5.46 Å². The molecule has 3 aromatic rings. The van der Waals surface area contributed by atoms with Crippen molar-refractivity contribution in [2.24, 2.45) is 0 Å². The van der Waals surface area contributed by atoms with Gasteiger partial charge in [0.15, 0.2) is 6.29 Å². The number of aliphatic hydroxyl groups excluding tert-OH is 1. The highest BCUT2D eigenvalue weighted by Gasteiger charge is 2.57. The van der Waals surface area contributed by atoms with Crippen molar-refractivity contribution >= 4 is 23.9 Å². The second-order valence-electron chi connectivity index (χ2n) is 8.54. The molecule has 0 aliphatic carbocycles. The highest BCUT2D eigenvalue weighted by atomic mass is 32.1. The molecule has 32 heavy (non-hydrogen) atoms. The van der Waals surface area contributed by atoms with Gasteiger partial charge in [-0.15, -0.1) is 11.3 Å². The van der Waals surface area contributed by atoms with E-state index in [4.69, 9.17) is 18.8 Å². The number of fused-ring (bicyclic) bond motifs is 6. The van der Waals surface area contributed by atoms with Crippen molar-refractivity contribution in [3.8, 4) is 10.4 Å². The van der Waals surface area contributed by atoms with Crippen molar-refractivity contribution in [3.63, 3.8) is 0 Å². The van der Waals surface area contributed by atoms with E-state index >= 15 is 0 Å². The molecule has 3 saturated heterocycles. The fraction of sp³-hybridized carbons (Fsp3) is 0.333. The molecule has 5 nitrogen and oxygen atoms in total. The van der Waals surface area contributed by atoms with Crippen molar-refractivity contribution in [1.82, 2.24) is 0 Å². The molecule has 5 atom stereocenters. The first-order valence-corrected chi connectivity index (χ1v) is 11.6. The third kappa shape index (κ3) is 3.61. The molecule has 3 fully saturated rings. The van der Waals surface area contributed by atoms with Crippen LogP contribution in [-0.2, 0) is 25.2 Å². The lowest BCUT2D eigenvalue weighted by Gasteiger charge is -2.44. The Bertz CT molecular complexity index is 1120. The molecule has 3 aliphatic heterocycles. The molecule has 164 valence electrons. The number of halogens is 1. The normalized spacial score (nSPS) is 28.8. The maximum atomic E-state index is 13.2. The maximum absolute atomic E-state index is 13.2. The molecule has 0 amide bonds. The van der Waals surface area contributed by atoms with Crippen LogP contribution in [0.3, 0.4) is 0 Å². The molecule has 0 radical (unpaired) electrons. The van der Waals surface area contributed by atoms with E-state index in [1.807, 2.05) is 6.07 Å². The predicted molar refractivity (Wildman–Crippen MR) is 119 cm³/mol. The van der Waals surface area contributed by atoms with Gasteiger partial charge in [-0.25, -0.2) is 4.39 Å². The molecular weight excluding hydrogens is 430 g/mol. The van der Waals surface area contributed by atoms with Crippen LogP contribution in [0.5, 0.6) is 0 Å². The summed E-state index contributed by atoms with van der Waals surface area (Å²) in [6.07, 6.45) is -1.79. The minimum absolute atomic E-state index is 0.229. The van der Waals surface area contributed by atoms with Gasteiger partial charge in [-0.05, 0) is 53.3 Å². The zero-order valence-electron chi connectivity index (χ0n) is 17.4. The third-order valence-corrected chi connectivity index (χ3v) is 7.54. The van der Waals surface area contributed by atoms with E-state index in [0.717, 1.165) is 22.3 Å². The van der Waals surface area contributed by atoms with Crippen LogP contribution >= 0.6 is 11.3 Å². The molecule has 1 aromatic heterocycles. The van der Waals surface area contributed by atoms with E-state index < -0.39 is 31.7 Å². The first-order chi connectivity index (χ1) is 15.5. The van der Waals surface area contributed by atoms with Gasteiger partial charge in [-0.2, -0.15) is 0 Å². The summed E-state index contributed by atoms with van der Waals surface area (Å²) >= 11 is 1.71. The Balaban J connectivity index is 1.23. The predicted octanol–water partition coefficient (Wildman–Crippen LogP) is 3.05. The van der Waals surface area contributed by atoms with Crippen molar-refractivity contribution in [3.05, 3.63) is 76.4 Å². The smallest absolute Gasteiger partial charge is 0.399 e. The summed E-state index contributed by atoms with van der Waals surface area (Å²) in [5, 5.41) is 10.5. The van der Waals surface area contributed by atoms with Crippen LogP contribution in [0.4, 0.5) is 4.39 Å². The highest BCUT2D eigenvalue weighted by molar-refractivity contribution is 7.15. The minimum atomic E-state index is -0.751. The second-order valence-corrected chi connectivity index (χ2v) is 9.70. The second kappa shape index (κ2) is 8.06. The summed E-state index contributed by atoms with van der Waals surface area (Å²) in [7, 11) is -0.568. The summed E-state index contributed by atoms with van der Waals surface area (Å²) in [6, 6.07) is 17.0. The zero-order chi connectivity index (χ0) is 21.8. The SMILES string of the molecule is Cc1ccc(B2OC3[C@H]4OC[C@@H](O4)C(O2)[C@@H]3O)cc1Cc1ccc(-c2ccc(F)cc2)s1. The Kier molecular flexibility index (Phi) is 5.17. The highest BCUT2D eigenvalue weighted by Crippen LogP contribution is 2.36. The Hall–Kier alpha value is -2.07. The van der Waals surface area contributed by atoms with Gasteiger partial charge >= 0.3 is 7.12 Å². The summed E-state index contributed by atoms with van der Waals surface area (Å²) in [5.41, 5.74) is 4.31. The van der Waals surface area contributed by atoms with Gasteiger partial charge < -0.3 is 23.9 Å². The Morgan fingerprint density at radius 3 is 2.72 bits per heavy atom. The summed E-state index contributed by atoms with van der Waals surface area (Å²) in [4.78, 5) is 2.34. The van der Waals surface area contributed by atoms with Crippen LogP contribution in [0.15, 0.2) is 54.6 Å². The topological polar surface area (TPSA) is 57.2 Å². The molecule has 4 heterocycles. The number of hydrogen-bond donors (Lipinski definition) is 1. The van der Waals surface area contributed by atoms with Crippen molar-refractivity contribution < 1.29 is 28.3 Å². The number of thiophene rings is 1. The van der Waals surface area contributed by atoms with Gasteiger partial charge in [0.25, 0.3) is 0 Å². The molecule has 8 heteroatoms. The number of hydrogen-bond acceptors (Lipinski definition) is 6. The van der Waals surface area contributed by atoms with Gasteiger partial charge in [0.1, 0.15) is 30.2 Å².